The average molecular weight is 772 g/mol. The maximum atomic E-state index is 14.7. The largest absolute Gasteiger partial charge is 0.352 e. The fourth-order valence-corrected chi connectivity index (χ4v) is 8.26. The Labute approximate surface area is 301 Å². The van der Waals surface area contributed by atoms with E-state index in [9.17, 15) is 18.0 Å². The summed E-state index contributed by atoms with van der Waals surface area (Å²) in [5, 5.41) is 3.88. The van der Waals surface area contributed by atoms with Gasteiger partial charge in [-0.2, -0.15) is 0 Å². The molecule has 7 nitrogen and oxygen atoms in total. The number of carbonyl (C=O) groups excluding carboxylic acids is 2. The number of sulfonamides is 1. The van der Waals surface area contributed by atoms with Crippen LogP contribution in [0.3, 0.4) is 0 Å². The van der Waals surface area contributed by atoms with Gasteiger partial charge in [0.1, 0.15) is 12.6 Å². The summed E-state index contributed by atoms with van der Waals surface area (Å²) in [5.41, 5.74) is 2.50. The van der Waals surface area contributed by atoms with Crippen molar-refractivity contribution < 1.29 is 18.0 Å². The molecule has 1 aliphatic rings. The number of nitrogens with zero attached hydrogens (tertiary/aromatic N) is 2. The van der Waals surface area contributed by atoms with Crippen LogP contribution < -0.4 is 9.62 Å². The summed E-state index contributed by atoms with van der Waals surface area (Å²) >= 11 is 16.7. The van der Waals surface area contributed by atoms with Gasteiger partial charge in [0.25, 0.3) is 10.0 Å². The van der Waals surface area contributed by atoms with Crippen molar-refractivity contribution in [3.05, 3.63) is 128 Å². The molecule has 1 saturated carbocycles. The minimum Gasteiger partial charge on any atom is -0.352 e. The van der Waals surface area contributed by atoms with E-state index in [1.165, 1.54) is 17.0 Å². The Morgan fingerprint density at radius 1 is 0.875 bits per heavy atom. The van der Waals surface area contributed by atoms with Crippen molar-refractivity contribution in [3.63, 3.8) is 0 Å². The molecular formula is C37H38BrCl2N3O4S. The molecule has 4 aromatic rings. The number of carbonyl (C=O) groups is 2. The average Bonchev–Trinajstić information content (AvgIpc) is 3.07. The van der Waals surface area contributed by atoms with Crippen LogP contribution in [-0.4, -0.2) is 43.8 Å². The fourth-order valence-electron chi connectivity index (χ4n) is 5.95. The standard InChI is InChI=1S/C37H38BrCl2N3O4S/c1-26-18-20-31(21-19-26)48(46,47)43(30-15-8-12-28(38)23-30)25-36(44)42(24-32-33(39)16-9-17-34(32)40)35(22-27-10-4-2-5-11-27)37(45)41-29-13-6-3-7-14-29/h2,4-5,8-12,15-21,23,29,35H,3,6-7,13-14,22,24-25H2,1H3,(H,41,45). The number of amides is 2. The SMILES string of the molecule is Cc1ccc(S(=O)(=O)N(CC(=O)N(Cc2c(Cl)cccc2Cl)C(Cc2ccccc2)C(=O)NC2CCCCC2)c2cccc(Br)c2)cc1. The molecule has 252 valence electrons. The Hall–Kier alpha value is -3.37. The third-order valence-corrected chi connectivity index (χ3v) is 11.6. The molecule has 0 radical (unpaired) electrons. The Balaban J connectivity index is 1.59. The molecular weight excluding hydrogens is 733 g/mol. The van der Waals surface area contributed by atoms with E-state index < -0.39 is 28.5 Å². The van der Waals surface area contributed by atoms with E-state index in [2.05, 4.69) is 21.2 Å². The molecule has 0 heterocycles. The highest BCUT2D eigenvalue weighted by molar-refractivity contribution is 9.10. The van der Waals surface area contributed by atoms with Crippen LogP contribution in [0.25, 0.3) is 0 Å². The van der Waals surface area contributed by atoms with Crippen LogP contribution in [0.4, 0.5) is 5.69 Å². The number of rotatable bonds is 12. The van der Waals surface area contributed by atoms with E-state index in [-0.39, 0.29) is 29.8 Å². The monoisotopic (exact) mass is 769 g/mol. The van der Waals surface area contributed by atoms with E-state index in [0.29, 0.717) is 25.8 Å². The molecule has 1 unspecified atom stereocenters. The van der Waals surface area contributed by atoms with Crippen LogP contribution in [0.15, 0.2) is 106 Å². The number of hydrogen-bond donors (Lipinski definition) is 1. The second-order valence-electron chi connectivity index (χ2n) is 12.1. The van der Waals surface area contributed by atoms with Gasteiger partial charge in [0, 0.05) is 39.1 Å². The van der Waals surface area contributed by atoms with Crippen molar-refractivity contribution >= 4 is 66.7 Å². The molecule has 2 amide bonds. The van der Waals surface area contributed by atoms with Crippen molar-refractivity contribution in [2.75, 3.05) is 10.8 Å². The molecule has 0 spiro atoms. The number of hydrogen-bond acceptors (Lipinski definition) is 4. The summed E-state index contributed by atoms with van der Waals surface area (Å²) < 4.78 is 30.2. The third kappa shape index (κ3) is 8.99. The van der Waals surface area contributed by atoms with Gasteiger partial charge in [-0.25, -0.2) is 8.42 Å². The molecule has 1 aliphatic carbocycles. The van der Waals surface area contributed by atoms with Crippen LogP contribution in [0, 0.1) is 6.92 Å². The molecule has 0 saturated heterocycles. The number of halogens is 3. The fraction of sp³-hybridized carbons (Fsp3) is 0.297. The van der Waals surface area contributed by atoms with E-state index in [1.807, 2.05) is 37.3 Å². The van der Waals surface area contributed by atoms with Crippen LogP contribution in [0.1, 0.15) is 48.8 Å². The van der Waals surface area contributed by atoms with Crippen molar-refractivity contribution in [2.24, 2.45) is 0 Å². The van der Waals surface area contributed by atoms with Crippen molar-refractivity contribution in [1.82, 2.24) is 10.2 Å². The quantitative estimate of drug-likeness (QED) is 0.157. The second-order valence-corrected chi connectivity index (χ2v) is 15.7. The van der Waals surface area contributed by atoms with Gasteiger partial charge in [-0.05, 0) is 67.8 Å². The predicted molar refractivity (Wildman–Crippen MR) is 196 cm³/mol. The van der Waals surface area contributed by atoms with Crippen molar-refractivity contribution in [1.29, 1.82) is 0 Å². The van der Waals surface area contributed by atoms with E-state index >= 15 is 0 Å². The minimum absolute atomic E-state index is 0.00883. The lowest BCUT2D eigenvalue weighted by Crippen LogP contribution is -2.55. The summed E-state index contributed by atoms with van der Waals surface area (Å²) in [7, 11) is -4.22. The highest BCUT2D eigenvalue weighted by Crippen LogP contribution is 2.30. The first-order valence-electron chi connectivity index (χ1n) is 15.9. The van der Waals surface area contributed by atoms with Gasteiger partial charge in [-0.15, -0.1) is 0 Å². The summed E-state index contributed by atoms with van der Waals surface area (Å²) in [4.78, 5) is 30.5. The first kappa shape index (κ1) is 35.9. The van der Waals surface area contributed by atoms with Gasteiger partial charge in [0.2, 0.25) is 11.8 Å². The van der Waals surface area contributed by atoms with E-state index in [4.69, 9.17) is 23.2 Å². The Kier molecular flexibility index (Phi) is 12.2. The zero-order valence-corrected chi connectivity index (χ0v) is 30.5. The van der Waals surface area contributed by atoms with E-state index in [0.717, 1.165) is 47.5 Å². The lowest BCUT2D eigenvalue weighted by molar-refractivity contribution is -0.140. The van der Waals surface area contributed by atoms with Gasteiger partial charge in [0.15, 0.2) is 0 Å². The minimum atomic E-state index is -4.22. The zero-order chi connectivity index (χ0) is 34.3. The Bertz CT molecular complexity index is 1820. The molecule has 48 heavy (non-hydrogen) atoms. The summed E-state index contributed by atoms with van der Waals surface area (Å²) in [6.07, 6.45) is 5.08. The van der Waals surface area contributed by atoms with E-state index in [1.54, 1.807) is 54.6 Å². The first-order chi connectivity index (χ1) is 23.0. The number of anilines is 1. The molecule has 1 N–H and O–H groups in total. The van der Waals surface area contributed by atoms with Crippen molar-refractivity contribution in [3.8, 4) is 0 Å². The smallest absolute Gasteiger partial charge is 0.264 e. The van der Waals surface area contributed by atoms with Gasteiger partial charge in [-0.3, -0.25) is 13.9 Å². The van der Waals surface area contributed by atoms with Crippen LogP contribution in [0.5, 0.6) is 0 Å². The maximum Gasteiger partial charge on any atom is 0.264 e. The van der Waals surface area contributed by atoms with Gasteiger partial charge in [0.05, 0.1) is 10.6 Å². The highest BCUT2D eigenvalue weighted by Gasteiger charge is 2.36. The van der Waals surface area contributed by atoms with Gasteiger partial charge < -0.3 is 10.2 Å². The molecule has 11 heteroatoms. The molecule has 1 fully saturated rings. The molecule has 5 rings (SSSR count). The second kappa shape index (κ2) is 16.4. The van der Waals surface area contributed by atoms with Crippen LogP contribution in [-0.2, 0) is 32.6 Å². The zero-order valence-electron chi connectivity index (χ0n) is 26.6. The molecule has 0 bridgehead atoms. The molecule has 0 aliphatic heterocycles. The number of nitrogens with one attached hydrogen (secondary N) is 1. The van der Waals surface area contributed by atoms with Gasteiger partial charge >= 0.3 is 0 Å². The predicted octanol–water partition coefficient (Wildman–Crippen LogP) is 8.35. The molecule has 0 aromatic heterocycles. The summed E-state index contributed by atoms with van der Waals surface area (Å²) in [6.45, 7) is 1.19. The van der Waals surface area contributed by atoms with Crippen molar-refractivity contribution in [2.45, 2.75) is 69.0 Å². The molecule has 1 atom stereocenters. The normalized spacial score (nSPS) is 14.2. The number of aryl methyl sites for hydroxylation is 1. The Morgan fingerprint density at radius 2 is 1.52 bits per heavy atom. The summed E-state index contributed by atoms with van der Waals surface area (Å²) in [5.74, 6) is -0.890. The topological polar surface area (TPSA) is 86.8 Å². The lowest BCUT2D eigenvalue weighted by Gasteiger charge is -2.35. The highest BCUT2D eigenvalue weighted by atomic mass is 79.9. The Morgan fingerprint density at radius 3 is 2.17 bits per heavy atom. The lowest BCUT2D eigenvalue weighted by atomic mass is 9.94. The number of benzene rings is 4. The summed E-state index contributed by atoms with van der Waals surface area (Å²) in [6, 6.07) is 26.8. The van der Waals surface area contributed by atoms with Gasteiger partial charge in [-0.1, -0.05) is 119 Å². The maximum absolute atomic E-state index is 14.7. The van der Waals surface area contributed by atoms with Crippen LogP contribution >= 0.6 is 39.1 Å². The first-order valence-corrected chi connectivity index (χ1v) is 18.9. The third-order valence-electron chi connectivity index (χ3n) is 8.60. The van der Waals surface area contributed by atoms with Crippen LogP contribution in [0.2, 0.25) is 10.0 Å². The molecule has 4 aromatic carbocycles.